The second-order valence-corrected chi connectivity index (χ2v) is 7.06. The van der Waals surface area contributed by atoms with Gasteiger partial charge in [-0.1, -0.05) is 0 Å². The average Bonchev–Trinajstić information content (AvgIpc) is 3.03. The van der Waals surface area contributed by atoms with Crippen LogP contribution in [0.1, 0.15) is 26.7 Å². The van der Waals surface area contributed by atoms with Gasteiger partial charge in [-0.05, 0) is 26.8 Å². The van der Waals surface area contributed by atoms with Crippen LogP contribution in [-0.2, 0) is 9.53 Å². The lowest BCUT2D eigenvalue weighted by atomic mass is 10.1. The number of carboxylic acid groups (broad SMARTS) is 1. The number of nitrogen functional groups attached to an aromatic ring is 1. The number of aryl methyl sites for hydroxylation is 1. The third-order valence-corrected chi connectivity index (χ3v) is 3.48. The number of hydrogen-bond donors (Lipinski definition) is 3. The van der Waals surface area contributed by atoms with Crippen LogP contribution in [0.15, 0.2) is 16.5 Å². The Balaban J connectivity index is 2.15. The molecule has 1 aromatic heterocycles. The van der Waals surface area contributed by atoms with Gasteiger partial charge in [-0.2, -0.15) is 0 Å². The number of benzene rings is 1. The number of carbonyl (C=O) groups is 2. The van der Waals surface area contributed by atoms with Crippen molar-refractivity contribution in [3.05, 3.63) is 18.0 Å². The molecule has 0 spiro atoms. The molecule has 0 aliphatic rings. The van der Waals surface area contributed by atoms with Crippen molar-refractivity contribution in [2.75, 3.05) is 19.5 Å². The normalized spacial score (nSPS) is 12.2. The van der Waals surface area contributed by atoms with E-state index in [1.165, 1.54) is 19.2 Å². The van der Waals surface area contributed by atoms with E-state index in [9.17, 15) is 14.7 Å². The van der Waals surface area contributed by atoms with Crippen molar-refractivity contribution in [3.8, 4) is 23.0 Å². The first-order chi connectivity index (χ1) is 13.5. The number of alkyl carbamates (subject to hydrolysis) is 1. The van der Waals surface area contributed by atoms with E-state index in [1.54, 1.807) is 27.7 Å². The standard InChI is InChI=1S/C18H24N4O7/c1-9-21-22-15(28-9)10-6-11(19)14(7-13(10)26-5)27-8-12(16(23)24)20-17(25)29-18(2,3)4/h6-7,12H,8,19H2,1-5H3,(H,20,25)(H,23,24)/t12-/m0/s1. The molecule has 4 N–H and O–H groups in total. The minimum absolute atomic E-state index is 0.166. The van der Waals surface area contributed by atoms with E-state index in [-0.39, 0.29) is 23.9 Å². The Morgan fingerprint density at radius 1 is 1.28 bits per heavy atom. The first kappa shape index (κ1) is 21.8. The molecular formula is C18H24N4O7. The second-order valence-electron chi connectivity index (χ2n) is 7.06. The van der Waals surface area contributed by atoms with Gasteiger partial charge in [0.15, 0.2) is 6.04 Å². The summed E-state index contributed by atoms with van der Waals surface area (Å²) in [5, 5.41) is 19.3. The minimum atomic E-state index is -1.35. The number of rotatable bonds is 7. The van der Waals surface area contributed by atoms with Gasteiger partial charge < -0.3 is 34.8 Å². The lowest BCUT2D eigenvalue weighted by Crippen LogP contribution is -2.46. The number of nitrogens with two attached hydrogens (primary N) is 1. The van der Waals surface area contributed by atoms with E-state index >= 15 is 0 Å². The molecule has 2 aromatic rings. The third-order valence-electron chi connectivity index (χ3n) is 3.48. The Hall–Kier alpha value is -3.50. The molecule has 0 fully saturated rings. The van der Waals surface area contributed by atoms with Gasteiger partial charge in [-0.15, -0.1) is 10.2 Å². The van der Waals surface area contributed by atoms with Crippen LogP contribution in [0.2, 0.25) is 0 Å². The molecule has 158 valence electrons. The molecule has 0 saturated heterocycles. The number of amides is 1. The number of ether oxygens (including phenoxy) is 3. The van der Waals surface area contributed by atoms with Gasteiger partial charge in [0.1, 0.15) is 23.7 Å². The van der Waals surface area contributed by atoms with Crippen LogP contribution in [-0.4, -0.2) is 52.7 Å². The summed E-state index contributed by atoms with van der Waals surface area (Å²) in [7, 11) is 1.44. The van der Waals surface area contributed by atoms with Crippen LogP contribution in [0, 0.1) is 6.92 Å². The average molecular weight is 408 g/mol. The molecule has 2 rings (SSSR count). The predicted octanol–water partition coefficient (Wildman–Crippen LogP) is 1.99. The fourth-order valence-electron chi connectivity index (χ4n) is 2.24. The van der Waals surface area contributed by atoms with Crippen molar-refractivity contribution in [2.45, 2.75) is 39.3 Å². The van der Waals surface area contributed by atoms with Gasteiger partial charge in [0, 0.05) is 13.0 Å². The minimum Gasteiger partial charge on any atom is -0.496 e. The van der Waals surface area contributed by atoms with Crippen molar-refractivity contribution in [1.82, 2.24) is 15.5 Å². The van der Waals surface area contributed by atoms with Crippen LogP contribution < -0.4 is 20.5 Å². The molecule has 11 nitrogen and oxygen atoms in total. The summed E-state index contributed by atoms with van der Waals surface area (Å²) in [4.78, 5) is 23.3. The maximum atomic E-state index is 11.8. The second kappa shape index (κ2) is 8.67. The van der Waals surface area contributed by atoms with Crippen molar-refractivity contribution in [1.29, 1.82) is 0 Å². The van der Waals surface area contributed by atoms with Gasteiger partial charge in [0.25, 0.3) is 5.89 Å². The molecule has 11 heteroatoms. The number of nitrogens with zero attached hydrogens (tertiary/aromatic N) is 2. The van der Waals surface area contributed by atoms with E-state index < -0.39 is 23.7 Å². The lowest BCUT2D eigenvalue weighted by molar-refractivity contribution is -0.140. The maximum Gasteiger partial charge on any atom is 0.408 e. The van der Waals surface area contributed by atoms with Crippen molar-refractivity contribution < 1.29 is 33.3 Å². The molecule has 0 unspecified atom stereocenters. The third kappa shape index (κ3) is 5.99. The van der Waals surface area contributed by atoms with Crippen LogP contribution in [0.5, 0.6) is 11.5 Å². The predicted molar refractivity (Wildman–Crippen MR) is 102 cm³/mol. The monoisotopic (exact) mass is 408 g/mol. The first-order valence-corrected chi connectivity index (χ1v) is 8.63. The van der Waals surface area contributed by atoms with Crippen molar-refractivity contribution in [3.63, 3.8) is 0 Å². The smallest absolute Gasteiger partial charge is 0.408 e. The molecule has 1 aromatic carbocycles. The number of hydrogen-bond acceptors (Lipinski definition) is 9. The van der Waals surface area contributed by atoms with Gasteiger partial charge in [-0.25, -0.2) is 9.59 Å². The number of aromatic nitrogens is 2. The molecule has 29 heavy (non-hydrogen) atoms. The quantitative estimate of drug-likeness (QED) is 0.578. The van der Waals surface area contributed by atoms with Crippen LogP contribution in [0.25, 0.3) is 11.5 Å². The Bertz CT molecular complexity index is 889. The van der Waals surface area contributed by atoms with E-state index in [4.69, 9.17) is 24.4 Å². The molecule has 0 radical (unpaired) electrons. The zero-order valence-corrected chi connectivity index (χ0v) is 16.8. The number of aliphatic carboxylic acids is 1. The zero-order valence-electron chi connectivity index (χ0n) is 16.8. The zero-order chi connectivity index (χ0) is 21.8. The molecule has 0 bridgehead atoms. The summed E-state index contributed by atoms with van der Waals surface area (Å²) in [6.45, 7) is 6.25. The summed E-state index contributed by atoms with van der Waals surface area (Å²) in [5.74, 6) is -0.200. The van der Waals surface area contributed by atoms with Gasteiger partial charge in [-0.3, -0.25) is 0 Å². The largest absolute Gasteiger partial charge is 0.496 e. The molecule has 1 heterocycles. The van der Waals surface area contributed by atoms with Crippen LogP contribution >= 0.6 is 0 Å². The summed E-state index contributed by atoms with van der Waals surface area (Å²) in [6.07, 6.45) is -0.874. The first-order valence-electron chi connectivity index (χ1n) is 8.63. The Morgan fingerprint density at radius 2 is 1.97 bits per heavy atom. The fourth-order valence-corrected chi connectivity index (χ4v) is 2.24. The number of nitrogens with one attached hydrogen (secondary N) is 1. The Morgan fingerprint density at radius 3 is 2.48 bits per heavy atom. The maximum absolute atomic E-state index is 11.8. The molecule has 1 amide bonds. The van der Waals surface area contributed by atoms with Gasteiger partial charge in [0.2, 0.25) is 5.89 Å². The highest BCUT2D eigenvalue weighted by Gasteiger charge is 2.25. The van der Waals surface area contributed by atoms with E-state index in [1.807, 2.05) is 0 Å². The fraction of sp³-hybridized carbons (Fsp3) is 0.444. The van der Waals surface area contributed by atoms with E-state index in [2.05, 4.69) is 15.5 Å². The van der Waals surface area contributed by atoms with Gasteiger partial charge >= 0.3 is 12.1 Å². The van der Waals surface area contributed by atoms with Gasteiger partial charge in [0.05, 0.1) is 18.4 Å². The highest BCUT2D eigenvalue weighted by molar-refractivity contribution is 5.80. The number of carboxylic acids is 1. The van der Waals surface area contributed by atoms with Crippen molar-refractivity contribution in [2.24, 2.45) is 0 Å². The van der Waals surface area contributed by atoms with E-state index in [0.717, 1.165) is 0 Å². The van der Waals surface area contributed by atoms with Crippen LogP contribution in [0.4, 0.5) is 10.5 Å². The topological polar surface area (TPSA) is 159 Å². The molecule has 0 aliphatic carbocycles. The summed E-state index contributed by atoms with van der Waals surface area (Å²) < 4.78 is 21.3. The molecule has 0 aliphatic heterocycles. The highest BCUT2D eigenvalue weighted by atomic mass is 16.6. The number of carbonyl (C=O) groups excluding carboxylic acids is 1. The molecule has 1 atom stereocenters. The van der Waals surface area contributed by atoms with Crippen molar-refractivity contribution >= 4 is 17.7 Å². The summed E-state index contributed by atoms with van der Waals surface area (Å²) >= 11 is 0. The lowest BCUT2D eigenvalue weighted by Gasteiger charge is -2.22. The summed E-state index contributed by atoms with van der Waals surface area (Å²) in [6, 6.07) is 1.63. The number of anilines is 1. The highest BCUT2D eigenvalue weighted by Crippen LogP contribution is 2.37. The molecular weight excluding hydrogens is 384 g/mol. The van der Waals surface area contributed by atoms with E-state index in [0.29, 0.717) is 17.2 Å². The number of methoxy groups -OCH3 is 1. The van der Waals surface area contributed by atoms with Crippen LogP contribution in [0.3, 0.4) is 0 Å². The SMILES string of the molecule is COc1cc(OC[C@H](NC(=O)OC(C)(C)C)C(=O)O)c(N)cc1-c1nnc(C)o1. The Labute approximate surface area is 167 Å². The Kier molecular flexibility index (Phi) is 6.52. The summed E-state index contributed by atoms with van der Waals surface area (Å²) in [5.41, 5.74) is 5.89. The molecule has 0 saturated carbocycles.